The lowest BCUT2D eigenvalue weighted by molar-refractivity contribution is -0.128. The highest BCUT2D eigenvalue weighted by molar-refractivity contribution is 6.27. The van der Waals surface area contributed by atoms with Crippen molar-refractivity contribution in [1.82, 2.24) is 4.90 Å². The van der Waals surface area contributed by atoms with Crippen LogP contribution in [0, 0.1) is 13.8 Å². The van der Waals surface area contributed by atoms with Gasteiger partial charge >= 0.3 is 0 Å². The summed E-state index contributed by atoms with van der Waals surface area (Å²) in [7, 11) is 0. The molecule has 3 nitrogen and oxygen atoms in total. The number of aryl methyl sites for hydroxylation is 2. The summed E-state index contributed by atoms with van der Waals surface area (Å²) in [4.78, 5) is 15.7. The topological polar surface area (TPSA) is 23.6 Å². The summed E-state index contributed by atoms with van der Waals surface area (Å²) in [5.41, 5.74) is 3.82. The van der Waals surface area contributed by atoms with E-state index in [4.69, 9.17) is 11.6 Å². The molecule has 4 heteroatoms. The summed E-state index contributed by atoms with van der Waals surface area (Å²) >= 11 is 5.58. The van der Waals surface area contributed by atoms with Gasteiger partial charge in [-0.2, -0.15) is 0 Å². The molecule has 0 radical (unpaired) electrons. The van der Waals surface area contributed by atoms with E-state index in [2.05, 4.69) is 36.9 Å². The monoisotopic (exact) mass is 266 g/mol. The van der Waals surface area contributed by atoms with Gasteiger partial charge in [0.1, 0.15) is 5.88 Å². The third-order valence-electron chi connectivity index (χ3n) is 3.32. The third-order valence-corrected chi connectivity index (χ3v) is 3.55. The number of alkyl halides is 1. The van der Waals surface area contributed by atoms with E-state index in [1.165, 1.54) is 16.8 Å². The Labute approximate surface area is 113 Å². The first-order valence-corrected chi connectivity index (χ1v) is 6.80. The van der Waals surface area contributed by atoms with Crippen LogP contribution in [0.3, 0.4) is 0 Å². The van der Waals surface area contributed by atoms with Crippen molar-refractivity contribution in [3.8, 4) is 0 Å². The molecule has 0 saturated carbocycles. The van der Waals surface area contributed by atoms with E-state index in [0.29, 0.717) is 0 Å². The zero-order valence-electron chi connectivity index (χ0n) is 10.9. The van der Waals surface area contributed by atoms with E-state index in [9.17, 15) is 4.79 Å². The van der Waals surface area contributed by atoms with Crippen LogP contribution in [0.5, 0.6) is 0 Å². The maximum atomic E-state index is 11.5. The Bertz CT molecular complexity index is 419. The minimum atomic E-state index is 0.0386. The van der Waals surface area contributed by atoms with E-state index in [1.807, 2.05) is 4.90 Å². The lowest BCUT2D eigenvalue weighted by Crippen LogP contribution is -2.49. The van der Waals surface area contributed by atoms with Crippen molar-refractivity contribution in [2.45, 2.75) is 13.8 Å². The molecule has 2 rings (SSSR count). The zero-order valence-corrected chi connectivity index (χ0v) is 11.7. The van der Waals surface area contributed by atoms with Crippen LogP contribution in [0.15, 0.2) is 18.2 Å². The smallest absolute Gasteiger partial charge is 0.237 e. The van der Waals surface area contributed by atoms with Crippen molar-refractivity contribution in [1.29, 1.82) is 0 Å². The van der Waals surface area contributed by atoms with Crippen LogP contribution in [0.25, 0.3) is 0 Å². The molecule has 1 fully saturated rings. The van der Waals surface area contributed by atoms with E-state index >= 15 is 0 Å². The molecule has 1 aromatic rings. The maximum absolute atomic E-state index is 11.5. The van der Waals surface area contributed by atoms with Crippen molar-refractivity contribution in [2.24, 2.45) is 0 Å². The number of anilines is 1. The molecule has 1 heterocycles. The standard InChI is InChI=1S/C14H19ClN2O/c1-11-7-12(2)9-13(8-11)16-3-5-17(6-4-16)14(18)10-15/h7-9H,3-6,10H2,1-2H3. The second kappa shape index (κ2) is 5.61. The molecule has 0 aromatic heterocycles. The highest BCUT2D eigenvalue weighted by atomic mass is 35.5. The lowest BCUT2D eigenvalue weighted by Gasteiger charge is -2.36. The molecule has 1 aliphatic rings. The fourth-order valence-corrected chi connectivity index (χ4v) is 2.60. The molecule has 18 heavy (non-hydrogen) atoms. The molecule has 1 aromatic carbocycles. The minimum absolute atomic E-state index is 0.0386. The SMILES string of the molecule is Cc1cc(C)cc(N2CCN(C(=O)CCl)CC2)c1. The average molecular weight is 267 g/mol. The number of nitrogens with zero attached hydrogens (tertiary/aromatic N) is 2. The number of rotatable bonds is 2. The predicted octanol–water partition coefficient (Wildman–Crippen LogP) is 2.19. The van der Waals surface area contributed by atoms with Crippen molar-refractivity contribution < 1.29 is 4.79 Å². The summed E-state index contributed by atoms with van der Waals surface area (Å²) < 4.78 is 0. The second-order valence-corrected chi connectivity index (χ2v) is 5.11. The van der Waals surface area contributed by atoms with Crippen LogP contribution in [-0.4, -0.2) is 42.9 Å². The Morgan fingerprint density at radius 2 is 1.67 bits per heavy atom. The van der Waals surface area contributed by atoms with Gasteiger partial charge in [-0.25, -0.2) is 0 Å². The molecule has 0 atom stereocenters. The van der Waals surface area contributed by atoms with Gasteiger partial charge in [-0.05, 0) is 37.1 Å². The molecule has 1 aliphatic heterocycles. The Morgan fingerprint density at radius 3 is 2.17 bits per heavy atom. The first kappa shape index (κ1) is 13.2. The van der Waals surface area contributed by atoms with Crippen molar-refractivity contribution in [3.05, 3.63) is 29.3 Å². The van der Waals surface area contributed by atoms with E-state index in [-0.39, 0.29) is 11.8 Å². The molecule has 1 saturated heterocycles. The highest BCUT2D eigenvalue weighted by Gasteiger charge is 2.20. The van der Waals surface area contributed by atoms with E-state index in [1.54, 1.807) is 0 Å². The number of halogens is 1. The molecule has 0 unspecified atom stereocenters. The van der Waals surface area contributed by atoms with Gasteiger partial charge in [0.25, 0.3) is 0 Å². The Morgan fingerprint density at radius 1 is 1.11 bits per heavy atom. The predicted molar refractivity (Wildman–Crippen MR) is 75.4 cm³/mol. The van der Waals surface area contributed by atoms with Crippen LogP contribution in [0.2, 0.25) is 0 Å². The Hall–Kier alpha value is -1.22. The second-order valence-electron chi connectivity index (χ2n) is 4.85. The van der Waals surface area contributed by atoms with Gasteiger partial charge in [0, 0.05) is 31.9 Å². The van der Waals surface area contributed by atoms with Gasteiger partial charge in [0.05, 0.1) is 0 Å². The van der Waals surface area contributed by atoms with Crippen molar-refractivity contribution in [3.63, 3.8) is 0 Å². The fraction of sp³-hybridized carbons (Fsp3) is 0.500. The summed E-state index contributed by atoms with van der Waals surface area (Å²) in [6.45, 7) is 7.52. The average Bonchev–Trinajstić information content (AvgIpc) is 2.37. The normalized spacial score (nSPS) is 15.9. The third kappa shape index (κ3) is 2.96. The van der Waals surface area contributed by atoms with Crippen LogP contribution in [-0.2, 0) is 4.79 Å². The number of piperazine rings is 1. The van der Waals surface area contributed by atoms with Crippen molar-refractivity contribution >= 4 is 23.2 Å². The van der Waals surface area contributed by atoms with Gasteiger partial charge in [0.15, 0.2) is 0 Å². The maximum Gasteiger partial charge on any atom is 0.237 e. The number of amides is 1. The lowest BCUT2D eigenvalue weighted by atomic mass is 10.1. The van der Waals surface area contributed by atoms with Crippen LogP contribution < -0.4 is 4.90 Å². The number of hydrogen-bond acceptors (Lipinski definition) is 2. The first-order chi connectivity index (χ1) is 8.60. The summed E-state index contributed by atoms with van der Waals surface area (Å²) in [5.74, 6) is 0.126. The Balaban J connectivity index is 2.03. The molecule has 0 N–H and O–H groups in total. The number of carbonyl (C=O) groups excluding carboxylic acids is 1. The van der Waals surface area contributed by atoms with E-state index < -0.39 is 0 Å². The van der Waals surface area contributed by atoms with Gasteiger partial charge in [-0.3, -0.25) is 4.79 Å². The summed E-state index contributed by atoms with van der Waals surface area (Å²) in [6.07, 6.45) is 0. The number of benzene rings is 1. The van der Waals surface area contributed by atoms with Crippen LogP contribution in [0.4, 0.5) is 5.69 Å². The first-order valence-electron chi connectivity index (χ1n) is 6.27. The molecule has 1 amide bonds. The highest BCUT2D eigenvalue weighted by Crippen LogP contribution is 2.20. The quantitative estimate of drug-likeness (QED) is 0.766. The van der Waals surface area contributed by atoms with Crippen LogP contribution in [0.1, 0.15) is 11.1 Å². The summed E-state index contributed by atoms with van der Waals surface area (Å²) in [6, 6.07) is 6.58. The van der Waals surface area contributed by atoms with Crippen molar-refractivity contribution in [2.75, 3.05) is 37.0 Å². The number of carbonyl (C=O) groups is 1. The molecule has 0 aliphatic carbocycles. The molecular formula is C14H19ClN2O. The number of hydrogen-bond donors (Lipinski definition) is 0. The van der Waals surface area contributed by atoms with Gasteiger partial charge < -0.3 is 9.80 Å². The van der Waals surface area contributed by atoms with Gasteiger partial charge in [0.2, 0.25) is 5.91 Å². The zero-order chi connectivity index (χ0) is 13.1. The summed E-state index contributed by atoms with van der Waals surface area (Å²) in [5, 5.41) is 0. The van der Waals surface area contributed by atoms with E-state index in [0.717, 1.165) is 26.2 Å². The molecule has 0 spiro atoms. The Kier molecular flexibility index (Phi) is 4.12. The molecule has 98 valence electrons. The molecular weight excluding hydrogens is 248 g/mol. The molecule has 0 bridgehead atoms. The largest absolute Gasteiger partial charge is 0.368 e. The minimum Gasteiger partial charge on any atom is -0.368 e. The van der Waals surface area contributed by atoms with Crippen LogP contribution >= 0.6 is 11.6 Å². The fourth-order valence-electron chi connectivity index (χ4n) is 2.43. The van der Waals surface area contributed by atoms with Gasteiger partial charge in [-0.15, -0.1) is 11.6 Å². The van der Waals surface area contributed by atoms with Gasteiger partial charge in [-0.1, -0.05) is 6.07 Å².